The molecule has 1 saturated heterocycles. The van der Waals surface area contributed by atoms with E-state index in [1.165, 1.54) is 5.56 Å². The predicted molar refractivity (Wildman–Crippen MR) is 103 cm³/mol. The number of piperazine rings is 1. The van der Waals surface area contributed by atoms with Crippen LogP contribution in [0.5, 0.6) is 0 Å². The Morgan fingerprint density at radius 1 is 0.840 bits per heavy atom. The van der Waals surface area contributed by atoms with Crippen molar-refractivity contribution in [3.8, 4) is 22.6 Å². The molecular formula is C21H22N4. The molecule has 1 aliphatic heterocycles. The molecule has 0 radical (unpaired) electrons. The first kappa shape index (κ1) is 15.8. The van der Waals surface area contributed by atoms with Crippen LogP contribution in [0.25, 0.3) is 22.6 Å². The van der Waals surface area contributed by atoms with E-state index in [4.69, 9.17) is 9.97 Å². The van der Waals surface area contributed by atoms with Crippen molar-refractivity contribution in [2.75, 3.05) is 31.1 Å². The Labute approximate surface area is 148 Å². The number of aryl methyl sites for hydroxylation is 1. The summed E-state index contributed by atoms with van der Waals surface area (Å²) in [6.45, 7) is 6.02. The van der Waals surface area contributed by atoms with E-state index in [0.29, 0.717) is 0 Å². The van der Waals surface area contributed by atoms with Gasteiger partial charge in [0.1, 0.15) is 5.82 Å². The van der Waals surface area contributed by atoms with E-state index in [2.05, 4.69) is 59.6 Å². The molecule has 0 amide bonds. The molecule has 1 fully saturated rings. The summed E-state index contributed by atoms with van der Waals surface area (Å²) in [5, 5.41) is 3.40. The zero-order chi connectivity index (χ0) is 17.1. The maximum absolute atomic E-state index is 4.87. The molecular weight excluding hydrogens is 308 g/mol. The highest BCUT2D eigenvalue weighted by Crippen LogP contribution is 2.26. The molecule has 0 saturated carbocycles. The minimum atomic E-state index is 0.787. The number of anilines is 1. The molecule has 2 heterocycles. The molecule has 2 aromatic carbocycles. The molecule has 126 valence electrons. The second-order valence-electron chi connectivity index (χ2n) is 6.40. The summed E-state index contributed by atoms with van der Waals surface area (Å²) in [7, 11) is 0. The first-order chi connectivity index (χ1) is 12.3. The minimum absolute atomic E-state index is 0.787. The van der Waals surface area contributed by atoms with E-state index in [-0.39, 0.29) is 0 Å². The average molecular weight is 330 g/mol. The van der Waals surface area contributed by atoms with Crippen LogP contribution in [-0.2, 0) is 0 Å². The van der Waals surface area contributed by atoms with Gasteiger partial charge in [0.15, 0.2) is 5.82 Å². The molecule has 1 aliphatic rings. The number of nitrogens with one attached hydrogen (secondary N) is 1. The highest BCUT2D eigenvalue weighted by atomic mass is 15.2. The summed E-state index contributed by atoms with van der Waals surface area (Å²) >= 11 is 0. The van der Waals surface area contributed by atoms with Crippen LogP contribution in [0.15, 0.2) is 60.7 Å². The second kappa shape index (κ2) is 7.03. The molecule has 1 aromatic heterocycles. The highest BCUT2D eigenvalue weighted by molar-refractivity contribution is 5.68. The first-order valence-corrected chi connectivity index (χ1v) is 8.77. The van der Waals surface area contributed by atoms with Crippen LogP contribution in [0.1, 0.15) is 5.56 Å². The number of hydrogen-bond donors (Lipinski definition) is 1. The van der Waals surface area contributed by atoms with Crippen LogP contribution >= 0.6 is 0 Å². The second-order valence-corrected chi connectivity index (χ2v) is 6.40. The van der Waals surface area contributed by atoms with Crippen molar-refractivity contribution in [1.29, 1.82) is 0 Å². The van der Waals surface area contributed by atoms with E-state index in [0.717, 1.165) is 54.6 Å². The van der Waals surface area contributed by atoms with Gasteiger partial charge in [-0.3, -0.25) is 0 Å². The summed E-state index contributed by atoms with van der Waals surface area (Å²) in [6.07, 6.45) is 0. The quantitative estimate of drug-likeness (QED) is 0.798. The lowest BCUT2D eigenvalue weighted by molar-refractivity contribution is 0.585. The van der Waals surface area contributed by atoms with Gasteiger partial charge in [-0.2, -0.15) is 0 Å². The normalized spacial score (nSPS) is 14.5. The van der Waals surface area contributed by atoms with Crippen molar-refractivity contribution in [2.24, 2.45) is 0 Å². The lowest BCUT2D eigenvalue weighted by Crippen LogP contribution is -2.44. The average Bonchev–Trinajstić information content (AvgIpc) is 2.69. The summed E-state index contributed by atoms with van der Waals surface area (Å²) in [4.78, 5) is 12.1. The molecule has 0 atom stereocenters. The van der Waals surface area contributed by atoms with Gasteiger partial charge in [0.2, 0.25) is 0 Å². The largest absolute Gasteiger partial charge is 0.354 e. The summed E-state index contributed by atoms with van der Waals surface area (Å²) in [6, 6.07) is 20.9. The topological polar surface area (TPSA) is 41.1 Å². The van der Waals surface area contributed by atoms with Crippen molar-refractivity contribution in [1.82, 2.24) is 15.3 Å². The van der Waals surface area contributed by atoms with Crippen molar-refractivity contribution in [3.63, 3.8) is 0 Å². The first-order valence-electron chi connectivity index (χ1n) is 8.77. The Morgan fingerprint density at radius 2 is 1.56 bits per heavy atom. The number of nitrogens with zero attached hydrogens (tertiary/aromatic N) is 3. The maximum atomic E-state index is 4.87. The van der Waals surface area contributed by atoms with E-state index < -0.39 is 0 Å². The zero-order valence-electron chi connectivity index (χ0n) is 14.4. The molecule has 4 heteroatoms. The van der Waals surface area contributed by atoms with E-state index in [1.54, 1.807) is 0 Å². The molecule has 4 rings (SSSR count). The Hall–Kier alpha value is -2.72. The summed E-state index contributed by atoms with van der Waals surface area (Å²) in [5.41, 5.74) is 4.39. The molecule has 3 aromatic rings. The standard InChI is InChI=1S/C21H22N4/c1-16-7-9-18(10-8-16)21-23-19(17-5-3-2-4-6-17)15-20(24-21)25-13-11-22-12-14-25/h2-10,15,22H,11-14H2,1H3. The molecule has 0 spiro atoms. The molecule has 4 nitrogen and oxygen atoms in total. The molecule has 0 aliphatic carbocycles. The van der Waals surface area contributed by atoms with Crippen LogP contribution in [0.4, 0.5) is 5.82 Å². The van der Waals surface area contributed by atoms with Crippen LogP contribution in [0.2, 0.25) is 0 Å². The molecule has 0 unspecified atom stereocenters. The van der Waals surface area contributed by atoms with Gasteiger partial charge >= 0.3 is 0 Å². The third-order valence-electron chi connectivity index (χ3n) is 4.53. The van der Waals surface area contributed by atoms with Gasteiger partial charge in [0.05, 0.1) is 5.69 Å². The van der Waals surface area contributed by atoms with Crippen LogP contribution < -0.4 is 10.2 Å². The number of hydrogen-bond acceptors (Lipinski definition) is 4. The van der Waals surface area contributed by atoms with Crippen LogP contribution in [0.3, 0.4) is 0 Å². The van der Waals surface area contributed by atoms with Gasteiger partial charge < -0.3 is 10.2 Å². The van der Waals surface area contributed by atoms with Gasteiger partial charge in [0.25, 0.3) is 0 Å². The van der Waals surface area contributed by atoms with Gasteiger partial charge in [0, 0.05) is 43.4 Å². The Balaban J connectivity index is 1.81. The fourth-order valence-corrected chi connectivity index (χ4v) is 3.08. The number of aromatic nitrogens is 2. The van der Waals surface area contributed by atoms with Crippen molar-refractivity contribution < 1.29 is 0 Å². The Morgan fingerprint density at radius 3 is 2.28 bits per heavy atom. The SMILES string of the molecule is Cc1ccc(-c2nc(-c3ccccc3)cc(N3CCNCC3)n2)cc1. The van der Waals surface area contributed by atoms with Gasteiger partial charge in [-0.05, 0) is 6.92 Å². The lowest BCUT2D eigenvalue weighted by atomic mass is 10.1. The monoisotopic (exact) mass is 330 g/mol. The fourth-order valence-electron chi connectivity index (χ4n) is 3.08. The van der Waals surface area contributed by atoms with E-state index in [9.17, 15) is 0 Å². The smallest absolute Gasteiger partial charge is 0.162 e. The third-order valence-corrected chi connectivity index (χ3v) is 4.53. The van der Waals surface area contributed by atoms with Gasteiger partial charge in [-0.1, -0.05) is 60.2 Å². The van der Waals surface area contributed by atoms with Crippen LogP contribution in [0, 0.1) is 6.92 Å². The predicted octanol–water partition coefficient (Wildman–Crippen LogP) is 3.53. The molecule has 1 N–H and O–H groups in total. The number of rotatable bonds is 3. The van der Waals surface area contributed by atoms with Crippen molar-refractivity contribution in [3.05, 3.63) is 66.2 Å². The van der Waals surface area contributed by atoms with Crippen LogP contribution in [-0.4, -0.2) is 36.1 Å². The molecule has 25 heavy (non-hydrogen) atoms. The third kappa shape index (κ3) is 3.54. The zero-order valence-corrected chi connectivity index (χ0v) is 14.4. The Bertz CT molecular complexity index is 838. The van der Waals surface area contributed by atoms with Crippen molar-refractivity contribution in [2.45, 2.75) is 6.92 Å². The fraction of sp³-hybridized carbons (Fsp3) is 0.238. The maximum Gasteiger partial charge on any atom is 0.162 e. The highest BCUT2D eigenvalue weighted by Gasteiger charge is 2.15. The van der Waals surface area contributed by atoms with Gasteiger partial charge in [-0.15, -0.1) is 0 Å². The Kier molecular flexibility index (Phi) is 4.44. The van der Waals surface area contributed by atoms with E-state index >= 15 is 0 Å². The van der Waals surface area contributed by atoms with Crippen molar-refractivity contribution >= 4 is 5.82 Å². The summed E-state index contributed by atoms with van der Waals surface area (Å²) < 4.78 is 0. The lowest BCUT2D eigenvalue weighted by Gasteiger charge is -2.29. The number of benzene rings is 2. The summed E-state index contributed by atoms with van der Waals surface area (Å²) in [5.74, 6) is 1.79. The molecule has 0 bridgehead atoms. The van der Waals surface area contributed by atoms with Gasteiger partial charge in [-0.25, -0.2) is 9.97 Å². The minimum Gasteiger partial charge on any atom is -0.354 e. The van der Waals surface area contributed by atoms with E-state index in [1.807, 2.05) is 18.2 Å².